The van der Waals surface area contributed by atoms with Crippen LogP contribution in [-0.2, 0) is 0 Å². The van der Waals surface area contributed by atoms with Crippen LogP contribution in [0.3, 0.4) is 0 Å². The number of ether oxygens (including phenoxy) is 2. The van der Waals surface area contributed by atoms with E-state index in [1.807, 2.05) is 24.3 Å². The molecule has 5 heteroatoms. The Kier molecular flexibility index (Phi) is 3.63. The molecular weight excluding hydrogens is 255 g/mol. The summed E-state index contributed by atoms with van der Waals surface area (Å²) in [6.07, 6.45) is 0.871. The normalized spacial score (nSPS) is 13.7. The van der Waals surface area contributed by atoms with E-state index in [2.05, 4.69) is 0 Å². The first-order valence-corrected chi connectivity index (χ1v) is 6.60. The lowest BCUT2D eigenvalue weighted by Crippen LogP contribution is -2.29. The van der Waals surface area contributed by atoms with Crippen LogP contribution in [0.5, 0.6) is 11.5 Å². The van der Waals surface area contributed by atoms with Crippen molar-refractivity contribution in [3.05, 3.63) is 42.5 Å². The van der Waals surface area contributed by atoms with Crippen molar-refractivity contribution in [2.24, 2.45) is 0 Å². The predicted molar refractivity (Wildman–Crippen MR) is 77.3 cm³/mol. The second-order valence-corrected chi connectivity index (χ2v) is 4.71. The maximum atomic E-state index is 9.24. The lowest BCUT2D eigenvalue weighted by atomic mass is 9.79. The van der Waals surface area contributed by atoms with Gasteiger partial charge in [0.2, 0.25) is 0 Å². The highest BCUT2D eigenvalue weighted by atomic mass is 16.5. The molecule has 0 atom stereocenters. The number of hydrogen-bond donors (Lipinski definition) is 2. The van der Waals surface area contributed by atoms with Gasteiger partial charge in [-0.25, -0.2) is 0 Å². The number of hydrogen-bond acceptors (Lipinski definition) is 4. The topological polar surface area (TPSA) is 58.9 Å². The fourth-order valence-corrected chi connectivity index (χ4v) is 2.22. The standard InChI is InChI=1S/C15H15BO4/c17-16(18)13-4-1-3-11(9-13)12-5-6-14-15(10-12)20-8-2-7-19-14/h1,3-6,9-10,17-18H,2,7-8H2. The summed E-state index contributed by atoms with van der Waals surface area (Å²) < 4.78 is 11.3. The Labute approximate surface area is 117 Å². The maximum absolute atomic E-state index is 9.24. The number of fused-ring (bicyclic) bond motifs is 1. The molecule has 0 saturated heterocycles. The van der Waals surface area contributed by atoms with Crippen molar-refractivity contribution >= 4 is 12.6 Å². The SMILES string of the molecule is OB(O)c1cccc(-c2ccc3c(c2)OCCCO3)c1. The fraction of sp³-hybridized carbons (Fsp3) is 0.200. The summed E-state index contributed by atoms with van der Waals surface area (Å²) in [6, 6.07) is 12.9. The summed E-state index contributed by atoms with van der Waals surface area (Å²) in [6.45, 7) is 1.31. The monoisotopic (exact) mass is 270 g/mol. The Balaban J connectivity index is 1.98. The van der Waals surface area contributed by atoms with Crippen LogP contribution in [-0.4, -0.2) is 30.4 Å². The molecule has 1 aliphatic rings. The van der Waals surface area contributed by atoms with Gasteiger partial charge in [-0.05, 0) is 28.7 Å². The average Bonchev–Trinajstić information content (AvgIpc) is 2.71. The Morgan fingerprint density at radius 3 is 2.40 bits per heavy atom. The molecule has 1 heterocycles. The smallest absolute Gasteiger partial charge is 0.488 e. The highest BCUT2D eigenvalue weighted by Gasteiger charge is 2.14. The van der Waals surface area contributed by atoms with Crippen LogP contribution in [0.4, 0.5) is 0 Å². The third kappa shape index (κ3) is 2.64. The van der Waals surface area contributed by atoms with Crippen LogP contribution in [0, 0.1) is 0 Å². The zero-order valence-electron chi connectivity index (χ0n) is 11.0. The summed E-state index contributed by atoms with van der Waals surface area (Å²) in [5, 5.41) is 18.5. The van der Waals surface area contributed by atoms with Crippen LogP contribution in [0.15, 0.2) is 42.5 Å². The van der Waals surface area contributed by atoms with Gasteiger partial charge in [0.25, 0.3) is 0 Å². The molecule has 0 amide bonds. The highest BCUT2D eigenvalue weighted by Crippen LogP contribution is 2.33. The predicted octanol–water partition coefficient (Wildman–Crippen LogP) is 1.19. The van der Waals surface area contributed by atoms with Crippen molar-refractivity contribution < 1.29 is 19.5 Å². The molecule has 0 aliphatic carbocycles. The highest BCUT2D eigenvalue weighted by molar-refractivity contribution is 6.58. The van der Waals surface area contributed by atoms with Crippen molar-refractivity contribution in [2.45, 2.75) is 6.42 Å². The average molecular weight is 270 g/mol. The van der Waals surface area contributed by atoms with E-state index in [4.69, 9.17) is 9.47 Å². The molecule has 0 fully saturated rings. The van der Waals surface area contributed by atoms with Crippen molar-refractivity contribution in [3.63, 3.8) is 0 Å². The zero-order chi connectivity index (χ0) is 13.9. The van der Waals surface area contributed by atoms with E-state index in [1.54, 1.807) is 18.2 Å². The van der Waals surface area contributed by atoms with Crippen LogP contribution < -0.4 is 14.9 Å². The molecule has 1 aliphatic heterocycles. The van der Waals surface area contributed by atoms with Gasteiger partial charge in [-0.2, -0.15) is 0 Å². The van der Waals surface area contributed by atoms with E-state index in [0.29, 0.717) is 18.7 Å². The first-order valence-electron chi connectivity index (χ1n) is 6.60. The van der Waals surface area contributed by atoms with Crippen molar-refractivity contribution in [3.8, 4) is 22.6 Å². The van der Waals surface area contributed by atoms with Gasteiger partial charge in [-0.3, -0.25) is 0 Å². The summed E-state index contributed by atoms with van der Waals surface area (Å²) in [5.41, 5.74) is 2.33. The number of benzene rings is 2. The van der Waals surface area contributed by atoms with Gasteiger partial charge < -0.3 is 19.5 Å². The molecule has 2 aromatic carbocycles. The van der Waals surface area contributed by atoms with Gasteiger partial charge >= 0.3 is 7.12 Å². The minimum Gasteiger partial charge on any atom is -0.490 e. The van der Waals surface area contributed by atoms with E-state index >= 15 is 0 Å². The van der Waals surface area contributed by atoms with Gasteiger partial charge in [-0.15, -0.1) is 0 Å². The maximum Gasteiger partial charge on any atom is 0.488 e. The Hall–Kier alpha value is -1.98. The Bertz CT molecular complexity index is 613. The second kappa shape index (κ2) is 5.57. The molecule has 0 radical (unpaired) electrons. The Morgan fingerprint density at radius 1 is 0.850 bits per heavy atom. The molecule has 2 aromatic rings. The van der Waals surface area contributed by atoms with Gasteiger partial charge in [0, 0.05) is 6.42 Å². The lowest BCUT2D eigenvalue weighted by molar-refractivity contribution is 0.297. The molecule has 0 saturated carbocycles. The molecule has 20 heavy (non-hydrogen) atoms. The molecular formula is C15H15BO4. The molecule has 3 rings (SSSR count). The summed E-state index contributed by atoms with van der Waals surface area (Å²) in [4.78, 5) is 0. The zero-order valence-corrected chi connectivity index (χ0v) is 11.0. The first kappa shape index (κ1) is 13.0. The van der Waals surface area contributed by atoms with Gasteiger partial charge in [0.15, 0.2) is 11.5 Å². The molecule has 2 N–H and O–H groups in total. The first-order chi connectivity index (χ1) is 9.74. The largest absolute Gasteiger partial charge is 0.490 e. The Morgan fingerprint density at radius 2 is 1.60 bits per heavy atom. The van der Waals surface area contributed by atoms with E-state index in [0.717, 1.165) is 29.0 Å². The summed E-state index contributed by atoms with van der Waals surface area (Å²) >= 11 is 0. The third-order valence-corrected chi connectivity index (χ3v) is 3.27. The van der Waals surface area contributed by atoms with E-state index in [9.17, 15) is 10.0 Å². The van der Waals surface area contributed by atoms with E-state index < -0.39 is 7.12 Å². The summed E-state index contributed by atoms with van der Waals surface area (Å²) in [5.74, 6) is 1.49. The molecule has 102 valence electrons. The number of rotatable bonds is 2. The van der Waals surface area contributed by atoms with Crippen LogP contribution in [0.1, 0.15) is 6.42 Å². The van der Waals surface area contributed by atoms with Crippen LogP contribution >= 0.6 is 0 Å². The van der Waals surface area contributed by atoms with E-state index in [1.165, 1.54) is 0 Å². The van der Waals surface area contributed by atoms with Crippen molar-refractivity contribution in [1.29, 1.82) is 0 Å². The summed E-state index contributed by atoms with van der Waals surface area (Å²) in [7, 11) is -1.46. The molecule has 0 unspecified atom stereocenters. The minimum atomic E-state index is -1.46. The molecule has 0 aromatic heterocycles. The quantitative estimate of drug-likeness (QED) is 0.805. The van der Waals surface area contributed by atoms with Gasteiger partial charge in [0.1, 0.15) is 0 Å². The third-order valence-electron chi connectivity index (χ3n) is 3.27. The minimum absolute atomic E-state index is 0.467. The van der Waals surface area contributed by atoms with Crippen molar-refractivity contribution in [2.75, 3.05) is 13.2 Å². The van der Waals surface area contributed by atoms with Gasteiger partial charge in [0.05, 0.1) is 13.2 Å². The molecule has 0 spiro atoms. The molecule has 0 bridgehead atoms. The van der Waals surface area contributed by atoms with Crippen LogP contribution in [0.2, 0.25) is 0 Å². The molecule has 4 nitrogen and oxygen atoms in total. The van der Waals surface area contributed by atoms with E-state index in [-0.39, 0.29) is 0 Å². The second-order valence-electron chi connectivity index (χ2n) is 4.71. The van der Waals surface area contributed by atoms with Crippen LogP contribution in [0.25, 0.3) is 11.1 Å². The van der Waals surface area contributed by atoms with Crippen molar-refractivity contribution in [1.82, 2.24) is 0 Å². The van der Waals surface area contributed by atoms with Gasteiger partial charge in [-0.1, -0.05) is 30.3 Å². The fourth-order valence-electron chi connectivity index (χ4n) is 2.22. The lowest BCUT2D eigenvalue weighted by Gasteiger charge is -2.10.